The zero-order valence-electron chi connectivity index (χ0n) is 8.19. The maximum Gasteiger partial charge on any atom is 0.303 e. The highest BCUT2D eigenvalue weighted by Gasteiger charge is 2.26. The molecule has 0 fully saturated rings. The monoisotopic (exact) mass is 203 g/mol. The molecule has 2 rings (SSSR count). The minimum atomic E-state index is -0.384. The third kappa shape index (κ3) is 1.77. The molecule has 0 saturated carbocycles. The maximum atomic E-state index is 10.8. The molecule has 0 radical (unpaired) electrons. The Morgan fingerprint density at radius 2 is 2.47 bits per heavy atom. The van der Waals surface area contributed by atoms with E-state index in [-0.39, 0.29) is 12.1 Å². The smallest absolute Gasteiger partial charge is 0.303 e. The number of nitrogens with zero attached hydrogens (tertiary/aromatic N) is 1. The van der Waals surface area contributed by atoms with E-state index in [1.165, 1.54) is 6.92 Å². The third-order valence-electron chi connectivity index (χ3n) is 2.18. The SMILES string of the molecule is CC(=O)OC1COc2ccc(C#N)cc21. The lowest BCUT2D eigenvalue weighted by molar-refractivity contribution is -0.147. The Labute approximate surface area is 87.0 Å². The van der Waals surface area contributed by atoms with Crippen molar-refractivity contribution in [1.29, 1.82) is 5.26 Å². The molecular weight excluding hydrogens is 194 g/mol. The first-order valence-corrected chi connectivity index (χ1v) is 4.55. The molecule has 1 heterocycles. The van der Waals surface area contributed by atoms with Gasteiger partial charge in [0.1, 0.15) is 12.4 Å². The van der Waals surface area contributed by atoms with Crippen LogP contribution in [0.2, 0.25) is 0 Å². The Hall–Kier alpha value is -2.02. The quantitative estimate of drug-likeness (QED) is 0.650. The second-order valence-corrected chi connectivity index (χ2v) is 3.27. The van der Waals surface area contributed by atoms with Crippen LogP contribution in [-0.4, -0.2) is 12.6 Å². The van der Waals surface area contributed by atoms with E-state index in [1.807, 2.05) is 6.07 Å². The van der Waals surface area contributed by atoms with Crippen LogP contribution in [0.5, 0.6) is 5.75 Å². The predicted octanol–water partition coefficient (Wildman–Crippen LogP) is 1.55. The zero-order chi connectivity index (χ0) is 10.8. The predicted molar refractivity (Wildman–Crippen MR) is 51.2 cm³/mol. The molecular formula is C11H9NO3. The Kier molecular flexibility index (Phi) is 2.30. The molecule has 0 saturated heterocycles. The average Bonchev–Trinajstić information content (AvgIpc) is 2.60. The fraction of sp³-hybridized carbons (Fsp3) is 0.273. The lowest BCUT2D eigenvalue weighted by Gasteiger charge is -2.08. The number of benzene rings is 1. The minimum absolute atomic E-state index is 0.323. The van der Waals surface area contributed by atoms with Gasteiger partial charge in [0.25, 0.3) is 0 Å². The van der Waals surface area contributed by atoms with E-state index in [0.29, 0.717) is 17.9 Å². The summed E-state index contributed by atoms with van der Waals surface area (Å²) in [5.74, 6) is 0.332. The number of ether oxygens (including phenoxy) is 2. The van der Waals surface area contributed by atoms with Gasteiger partial charge in [-0.15, -0.1) is 0 Å². The molecule has 1 atom stereocenters. The summed E-state index contributed by atoms with van der Waals surface area (Å²) in [4.78, 5) is 10.8. The van der Waals surface area contributed by atoms with Crippen LogP contribution in [0.1, 0.15) is 24.2 Å². The zero-order valence-corrected chi connectivity index (χ0v) is 8.19. The van der Waals surface area contributed by atoms with E-state index in [9.17, 15) is 4.79 Å². The third-order valence-corrected chi connectivity index (χ3v) is 2.18. The van der Waals surface area contributed by atoms with Gasteiger partial charge in [-0.05, 0) is 18.2 Å². The summed E-state index contributed by atoms with van der Waals surface area (Å²) in [5.41, 5.74) is 1.31. The van der Waals surface area contributed by atoms with Crippen molar-refractivity contribution in [2.24, 2.45) is 0 Å². The largest absolute Gasteiger partial charge is 0.489 e. The van der Waals surface area contributed by atoms with Crippen LogP contribution >= 0.6 is 0 Å². The molecule has 1 unspecified atom stereocenters. The van der Waals surface area contributed by atoms with Crippen LogP contribution in [0.25, 0.3) is 0 Å². The summed E-state index contributed by atoms with van der Waals surface area (Å²) >= 11 is 0. The highest BCUT2D eigenvalue weighted by Crippen LogP contribution is 2.35. The molecule has 0 amide bonds. The highest BCUT2D eigenvalue weighted by atomic mass is 16.6. The van der Waals surface area contributed by atoms with Gasteiger partial charge in [0.05, 0.1) is 11.6 Å². The molecule has 0 aromatic heterocycles. The Balaban J connectivity index is 2.32. The van der Waals surface area contributed by atoms with Crippen LogP contribution < -0.4 is 4.74 Å². The van der Waals surface area contributed by atoms with Gasteiger partial charge in [-0.1, -0.05) is 0 Å². The molecule has 0 spiro atoms. The Bertz CT molecular complexity index is 448. The second-order valence-electron chi connectivity index (χ2n) is 3.27. The van der Waals surface area contributed by atoms with Crippen LogP contribution in [0, 0.1) is 11.3 Å². The number of fused-ring (bicyclic) bond motifs is 1. The van der Waals surface area contributed by atoms with E-state index in [0.717, 1.165) is 5.56 Å². The number of esters is 1. The van der Waals surface area contributed by atoms with E-state index < -0.39 is 0 Å². The lowest BCUT2D eigenvalue weighted by Crippen LogP contribution is -2.09. The standard InChI is InChI=1S/C11H9NO3/c1-7(13)15-11-6-14-10-3-2-8(5-12)4-9(10)11/h2-4,11H,6H2,1H3. The number of carbonyl (C=O) groups excluding carboxylic acids is 1. The van der Waals surface area contributed by atoms with Crippen molar-refractivity contribution in [3.8, 4) is 11.8 Å². The topological polar surface area (TPSA) is 59.3 Å². The van der Waals surface area contributed by atoms with E-state index >= 15 is 0 Å². The minimum Gasteiger partial charge on any atom is -0.489 e. The summed E-state index contributed by atoms with van der Waals surface area (Å²) in [6.07, 6.45) is -0.384. The molecule has 0 aliphatic carbocycles. The number of hydrogen-bond acceptors (Lipinski definition) is 4. The van der Waals surface area contributed by atoms with Crippen molar-refractivity contribution < 1.29 is 14.3 Å². The van der Waals surface area contributed by atoms with E-state index in [1.54, 1.807) is 18.2 Å². The number of hydrogen-bond donors (Lipinski definition) is 0. The molecule has 1 aliphatic heterocycles. The van der Waals surface area contributed by atoms with Gasteiger partial charge in [0.15, 0.2) is 6.10 Å². The maximum absolute atomic E-state index is 10.8. The van der Waals surface area contributed by atoms with Crippen molar-refractivity contribution in [1.82, 2.24) is 0 Å². The van der Waals surface area contributed by atoms with E-state index in [2.05, 4.69) is 0 Å². The first kappa shape index (κ1) is 9.53. The molecule has 1 aromatic carbocycles. The van der Waals surface area contributed by atoms with Gasteiger partial charge in [-0.2, -0.15) is 5.26 Å². The van der Waals surface area contributed by atoms with Crippen LogP contribution in [0.3, 0.4) is 0 Å². The lowest BCUT2D eigenvalue weighted by atomic mass is 10.1. The van der Waals surface area contributed by atoms with Crippen molar-refractivity contribution >= 4 is 5.97 Å². The molecule has 0 N–H and O–H groups in total. The summed E-state index contributed by atoms with van der Waals surface area (Å²) in [6, 6.07) is 7.12. The molecule has 4 heteroatoms. The highest BCUT2D eigenvalue weighted by molar-refractivity contribution is 5.66. The van der Waals surface area contributed by atoms with Crippen LogP contribution in [-0.2, 0) is 9.53 Å². The van der Waals surface area contributed by atoms with Gasteiger partial charge in [-0.25, -0.2) is 0 Å². The van der Waals surface area contributed by atoms with Gasteiger partial charge in [-0.3, -0.25) is 4.79 Å². The van der Waals surface area contributed by atoms with Crippen LogP contribution in [0.4, 0.5) is 0 Å². The number of carbonyl (C=O) groups is 1. The van der Waals surface area contributed by atoms with Crippen molar-refractivity contribution in [2.45, 2.75) is 13.0 Å². The van der Waals surface area contributed by atoms with Gasteiger partial charge in [0.2, 0.25) is 0 Å². The fourth-order valence-electron chi connectivity index (χ4n) is 1.55. The Morgan fingerprint density at radius 1 is 1.67 bits per heavy atom. The number of rotatable bonds is 1. The van der Waals surface area contributed by atoms with Crippen LogP contribution in [0.15, 0.2) is 18.2 Å². The van der Waals surface area contributed by atoms with E-state index in [4.69, 9.17) is 14.7 Å². The second kappa shape index (κ2) is 3.62. The summed E-state index contributed by atoms with van der Waals surface area (Å²) in [7, 11) is 0. The van der Waals surface area contributed by atoms with Crippen molar-refractivity contribution in [3.05, 3.63) is 29.3 Å². The van der Waals surface area contributed by atoms with Gasteiger partial charge < -0.3 is 9.47 Å². The Morgan fingerprint density at radius 3 is 3.13 bits per heavy atom. The summed E-state index contributed by atoms with van der Waals surface area (Å²) < 4.78 is 10.4. The molecule has 1 aromatic rings. The average molecular weight is 203 g/mol. The first-order valence-electron chi connectivity index (χ1n) is 4.55. The van der Waals surface area contributed by atoms with Gasteiger partial charge >= 0.3 is 5.97 Å². The molecule has 1 aliphatic rings. The molecule has 76 valence electrons. The van der Waals surface area contributed by atoms with Gasteiger partial charge in [0, 0.05) is 12.5 Å². The van der Waals surface area contributed by atoms with Crippen molar-refractivity contribution in [2.75, 3.05) is 6.61 Å². The molecule has 4 nitrogen and oxygen atoms in total. The fourth-order valence-corrected chi connectivity index (χ4v) is 1.55. The van der Waals surface area contributed by atoms with Crippen molar-refractivity contribution in [3.63, 3.8) is 0 Å². The normalized spacial score (nSPS) is 17.5. The number of nitriles is 1. The molecule has 15 heavy (non-hydrogen) atoms. The summed E-state index contributed by atoms with van der Waals surface area (Å²) in [6.45, 7) is 1.68. The summed E-state index contributed by atoms with van der Waals surface area (Å²) in [5, 5.41) is 8.74. The first-order chi connectivity index (χ1) is 7.20. The molecule has 0 bridgehead atoms.